The van der Waals surface area contributed by atoms with E-state index in [1.165, 1.54) is 7.05 Å². The van der Waals surface area contributed by atoms with Crippen molar-refractivity contribution < 1.29 is 13.2 Å². The summed E-state index contributed by atoms with van der Waals surface area (Å²) in [6.45, 7) is 1.24. The summed E-state index contributed by atoms with van der Waals surface area (Å²) in [4.78, 5) is 13.9. The highest BCUT2D eigenvalue weighted by Gasteiger charge is 2.25. The molecule has 124 valence electrons. The second kappa shape index (κ2) is 7.57. The van der Waals surface area contributed by atoms with E-state index in [1.807, 2.05) is 6.07 Å². The number of likely N-dealkylation sites (tertiary alicyclic amines) is 1. The van der Waals surface area contributed by atoms with Crippen LogP contribution in [0.2, 0.25) is 0 Å². The number of sulfonamides is 1. The average Bonchev–Trinajstić information content (AvgIpc) is 2.55. The van der Waals surface area contributed by atoms with E-state index in [4.69, 9.17) is 5.26 Å². The zero-order valence-electron chi connectivity index (χ0n) is 13.2. The molecule has 1 saturated heterocycles. The summed E-state index contributed by atoms with van der Waals surface area (Å²) < 4.78 is 25.9. The average molecular weight is 335 g/mol. The molecule has 0 bridgehead atoms. The highest BCUT2D eigenvalue weighted by atomic mass is 32.2. The molecule has 6 nitrogen and oxygen atoms in total. The van der Waals surface area contributed by atoms with Crippen molar-refractivity contribution in [2.75, 3.05) is 26.7 Å². The first-order valence-electron chi connectivity index (χ1n) is 7.64. The van der Waals surface area contributed by atoms with Crippen molar-refractivity contribution in [3.8, 4) is 6.07 Å². The van der Waals surface area contributed by atoms with E-state index < -0.39 is 10.0 Å². The molecule has 1 aliphatic heterocycles. The van der Waals surface area contributed by atoms with Crippen molar-refractivity contribution in [2.24, 2.45) is 0 Å². The van der Waals surface area contributed by atoms with E-state index >= 15 is 0 Å². The van der Waals surface area contributed by atoms with E-state index in [0.29, 0.717) is 24.2 Å². The Kier molecular flexibility index (Phi) is 5.74. The third kappa shape index (κ3) is 4.53. The largest absolute Gasteiger partial charge is 0.342 e. The maximum Gasteiger partial charge on any atom is 0.237 e. The Morgan fingerprint density at radius 2 is 1.91 bits per heavy atom. The topological polar surface area (TPSA) is 81.5 Å². The van der Waals surface area contributed by atoms with Gasteiger partial charge in [0.1, 0.15) is 0 Å². The van der Waals surface area contributed by atoms with Crippen LogP contribution in [-0.2, 0) is 20.6 Å². The number of hydrogen-bond acceptors (Lipinski definition) is 4. The molecule has 23 heavy (non-hydrogen) atoms. The second-order valence-corrected chi connectivity index (χ2v) is 7.80. The number of piperidine rings is 1. The van der Waals surface area contributed by atoms with Crippen LogP contribution < -0.4 is 0 Å². The van der Waals surface area contributed by atoms with Gasteiger partial charge in [-0.15, -0.1) is 0 Å². The van der Waals surface area contributed by atoms with Gasteiger partial charge < -0.3 is 4.90 Å². The van der Waals surface area contributed by atoms with Crippen molar-refractivity contribution in [3.63, 3.8) is 0 Å². The van der Waals surface area contributed by atoms with Crippen LogP contribution in [0.15, 0.2) is 24.3 Å². The SMILES string of the molecule is CN(CC(=O)N1CCCCC1)S(=O)(=O)Cc1ccccc1C#N. The summed E-state index contributed by atoms with van der Waals surface area (Å²) in [5, 5.41) is 9.05. The normalized spacial score (nSPS) is 15.4. The van der Waals surface area contributed by atoms with Crippen LogP contribution >= 0.6 is 0 Å². The highest BCUT2D eigenvalue weighted by molar-refractivity contribution is 7.88. The van der Waals surface area contributed by atoms with Crippen LogP contribution in [0, 0.1) is 11.3 Å². The van der Waals surface area contributed by atoms with E-state index in [9.17, 15) is 13.2 Å². The third-order valence-corrected chi connectivity index (χ3v) is 5.77. The molecule has 0 spiro atoms. The molecular weight excluding hydrogens is 314 g/mol. The van der Waals surface area contributed by atoms with Gasteiger partial charge in [-0.2, -0.15) is 9.57 Å². The summed E-state index contributed by atoms with van der Waals surface area (Å²) in [6, 6.07) is 8.59. The molecule has 0 aliphatic carbocycles. The monoisotopic (exact) mass is 335 g/mol. The van der Waals surface area contributed by atoms with Gasteiger partial charge in [-0.1, -0.05) is 18.2 Å². The van der Waals surface area contributed by atoms with E-state index in [2.05, 4.69) is 0 Å². The minimum absolute atomic E-state index is 0.156. The first kappa shape index (κ1) is 17.4. The number of carbonyl (C=O) groups excluding carboxylic acids is 1. The molecule has 0 unspecified atom stereocenters. The Hall–Kier alpha value is -1.91. The molecule has 0 aromatic heterocycles. The van der Waals surface area contributed by atoms with Crippen molar-refractivity contribution in [2.45, 2.75) is 25.0 Å². The van der Waals surface area contributed by atoms with Crippen LogP contribution in [0.4, 0.5) is 0 Å². The maximum atomic E-state index is 12.4. The van der Waals surface area contributed by atoms with E-state index in [-0.39, 0.29) is 18.2 Å². The van der Waals surface area contributed by atoms with Gasteiger partial charge in [0.15, 0.2) is 0 Å². The van der Waals surface area contributed by atoms with Crippen LogP contribution in [0.5, 0.6) is 0 Å². The first-order chi connectivity index (χ1) is 10.9. The predicted octanol–water partition coefficient (Wildman–Crippen LogP) is 1.33. The molecule has 1 fully saturated rings. The van der Waals surface area contributed by atoms with Crippen LogP contribution in [-0.4, -0.2) is 50.2 Å². The molecule has 2 rings (SSSR count). The zero-order valence-corrected chi connectivity index (χ0v) is 14.1. The summed E-state index contributed by atoms with van der Waals surface area (Å²) in [5.74, 6) is -0.440. The minimum Gasteiger partial charge on any atom is -0.342 e. The lowest BCUT2D eigenvalue weighted by atomic mass is 10.1. The zero-order chi connectivity index (χ0) is 16.9. The number of hydrogen-bond donors (Lipinski definition) is 0. The molecular formula is C16H21N3O3S. The van der Waals surface area contributed by atoms with Gasteiger partial charge in [-0.3, -0.25) is 4.79 Å². The van der Waals surface area contributed by atoms with E-state index in [1.54, 1.807) is 29.2 Å². The van der Waals surface area contributed by atoms with Crippen LogP contribution in [0.25, 0.3) is 0 Å². The van der Waals surface area contributed by atoms with Crippen molar-refractivity contribution in [1.29, 1.82) is 5.26 Å². The summed E-state index contributed by atoms with van der Waals surface area (Å²) >= 11 is 0. The fourth-order valence-corrected chi connectivity index (χ4v) is 3.77. The van der Waals surface area contributed by atoms with Gasteiger partial charge in [-0.25, -0.2) is 8.42 Å². The number of nitriles is 1. The lowest BCUT2D eigenvalue weighted by Gasteiger charge is -2.28. The second-order valence-electron chi connectivity index (χ2n) is 5.72. The van der Waals surface area contributed by atoms with Gasteiger partial charge >= 0.3 is 0 Å². The van der Waals surface area contributed by atoms with Crippen molar-refractivity contribution >= 4 is 15.9 Å². The smallest absolute Gasteiger partial charge is 0.237 e. The van der Waals surface area contributed by atoms with Gasteiger partial charge in [0.05, 0.1) is 23.9 Å². The lowest BCUT2D eigenvalue weighted by Crippen LogP contribution is -2.43. The molecule has 7 heteroatoms. The number of amides is 1. The molecule has 1 heterocycles. The van der Waals surface area contributed by atoms with Crippen LogP contribution in [0.3, 0.4) is 0 Å². The standard InChI is InChI=1S/C16H21N3O3S/c1-18(12-16(20)19-9-5-2-6-10-19)23(21,22)13-15-8-4-3-7-14(15)11-17/h3-4,7-8H,2,5-6,9-10,12-13H2,1H3. The van der Waals surface area contributed by atoms with Gasteiger partial charge in [0.25, 0.3) is 0 Å². The Labute approximate surface area is 137 Å². The van der Waals surface area contributed by atoms with Crippen molar-refractivity contribution in [3.05, 3.63) is 35.4 Å². The molecule has 0 N–H and O–H groups in total. The summed E-state index contributed by atoms with van der Waals surface area (Å²) in [7, 11) is -2.24. The number of benzene rings is 1. The quantitative estimate of drug-likeness (QED) is 0.813. The highest BCUT2D eigenvalue weighted by Crippen LogP contribution is 2.15. The Balaban J connectivity index is 2.03. The minimum atomic E-state index is -3.64. The lowest BCUT2D eigenvalue weighted by molar-refractivity contribution is -0.132. The number of nitrogens with zero attached hydrogens (tertiary/aromatic N) is 3. The van der Waals surface area contributed by atoms with Gasteiger partial charge in [0, 0.05) is 20.1 Å². The molecule has 1 aromatic carbocycles. The fourth-order valence-electron chi connectivity index (χ4n) is 2.59. The number of rotatable bonds is 5. The third-order valence-electron chi connectivity index (χ3n) is 4.02. The molecule has 0 atom stereocenters. The molecule has 1 aliphatic rings. The maximum absolute atomic E-state index is 12.4. The van der Waals surface area contributed by atoms with E-state index in [0.717, 1.165) is 23.6 Å². The number of likely N-dealkylation sites (N-methyl/N-ethyl adjacent to an activating group) is 1. The molecule has 0 radical (unpaired) electrons. The molecule has 1 aromatic rings. The Morgan fingerprint density at radius 3 is 2.57 bits per heavy atom. The summed E-state index contributed by atoms with van der Waals surface area (Å²) in [5.41, 5.74) is 0.791. The summed E-state index contributed by atoms with van der Waals surface area (Å²) in [6.07, 6.45) is 3.05. The molecule has 1 amide bonds. The molecule has 0 saturated carbocycles. The Bertz CT molecular complexity index is 704. The first-order valence-corrected chi connectivity index (χ1v) is 9.25. The van der Waals surface area contributed by atoms with Crippen molar-refractivity contribution in [1.82, 2.24) is 9.21 Å². The Morgan fingerprint density at radius 1 is 1.26 bits per heavy atom. The van der Waals surface area contributed by atoms with Gasteiger partial charge in [0.2, 0.25) is 15.9 Å². The number of carbonyl (C=O) groups is 1. The fraction of sp³-hybridized carbons (Fsp3) is 0.500. The predicted molar refractivity (Wildman–Crippen MR) is 86.8 cm³/mol. The van der Waals surface area contributed by atoms with Crippen LogP contribution in [0.1, 0.15) is 30.4 Å². The van der Waals surface area contributed by atoms with Gasteiger partial charge in [-0.05, 0) is 30.9 Å².